The van der Waals surface area contributed by atoms with Crippen molar-refractivity contribution < 1.29 is 0 Å². The van der Waals surface area contributed by atoms with Crippen molar-refractivity contribution in [1.82, 2.24) is 0 Å². The van der Waals surface area contributed by atoms with Crippen LogP contribution in [0.3, 0.4) is 0 Å². The summed E-state index contributed by atoms with van der Waals surface area (Å²) in [4.78, 5) is 2.58. The van der Waals surface area contributed by atoms with E-state index in [1.54, 1.807) is 0 Å². The van der Waals surface area contributed by atoms with Gasteiger partial charge in [-0.1, -0.05) is 206 Å². The molecule has 2 aliphatic carbocycles. The normalized spacial score (nSPS) is 13.0. The van der Waals surface area contributed by atoms with Crippen LogP contribution in [0.2, 0.25) is 0 Å². The number of para-hydroxylation sites is 1. The summed E-state index contributed by atoms with van der Waals surface area (Å²) in [5.41, 5.74) is 18.0. The van der Waals surface area contributed by atoms with Crippen molar-refractivity contribution in [2.75, 3.05) is 4.90 Å². The Morgan fingerprint density at radius 2 is 0.754 bits per heavy atom. The van der Waals surface area contributed by atoms with Gasteiger partial charge in [0.1, 0.15) is 0 Å². The predicted molar refractivity (Wildman–Crippen MR) is 294 cm³/mol. The molecule has 1 spiro atoms. The molecule has 0 amide bonds. The largest absolute Gasteiger partial charge is 0.309 e. The van der Waals surface area contributed by atoms with E-state index in [-0.39, 0.29) is 0 Å². The molecule has 69 heavy (non-hydrogen) atoms. The van der Waals surface area contributed by atoms with Crippen LogP contribution in [-0.2, 0) is 5.41 Å². The number of hydrogen-bond donors (Lipinski definition) is 0. The zero-order valence-corrected chi connectivity index (χ0v) is 38.3. The summed E-state index contributed by atoms with van der Waals surface area (Å²) in [5, 5.41) is 10.2. The molecular weight excluding hydrogens is 851 g/mol. The standard InChI is InChI=1S/C67H41NS/c1-2-18-42(19-3-1)45-20-11-16-32-63(45)68(44-35-37-50-48-23-5-4-21-46(48)47-22-6-7-24-49(47)57(50)39-44)64-41-62-58(40-56(64)43-34-36-55-54-28-12-17-33-65(54)69-66(55)38-43)53-27-10-15-31-61(53)67(62)59-29-13-8-25-51(59)52-26-9-14-30-60(52)67/h1-41H. The van der Waals surface area contributed by atoms with Crippen LogP contribution in [0.1, 0.15) is 22.3 Å². The SMILES string of the molecule is c1ccc(-c2ccccc2N(c2ccc3c4ccccc4c4ccccc4c3c2)c2cc3c(cc2-c2ccc4c(c2)sc2ccccc24)-c2ccccc2C32c3ccccc3-c3ccccc32)cc1. The maximum atomic E-state index is 2.59. The molecule has 15 rings (SSSR count). The van der Waals surface area contributed by atoms with Gasteiger partial charge in [-0.25, -0.2) is 0 Å². The van der Waals surface area contributed by atoms with Gasteiger partial charge in [-0.05, 0) is 130 Å². The molecule has 0 fully saturated rings. The minimum absolute atomic E-state index is 0.523. The van der Waals surface area contributed by atoms with E-state index in [0.29, 0.717) is 0 Å². The molecule has 0 atom stereocenters. The third-order valence-corrected chi connectivity index (χ3v) is 16.4. The lowest BCUT2D eigenvalue weighted by Gasteiger charge is -2.34. The third kappa shape index (κ3) is 5.41. The topological polar surface area (TPSA) is 3.24 Å². The molecule has 2 heteroatoms. The van der Waals surface area contributed by atoms with Gasteiger partial charge in [-0.15, -0.1) is 11.3 Å². The van der Waals surface area contributed by atoms with Gasteiger partial charge < -0.3 is 4.90 Å². The number of nitrogens with zero attached hydrogens (tertiary/aromatic N) is 1. The minimum Gasteiger partial charge on any atom is -0.309 e. The van der Waals surface area contributed by atoms with E-state index >= 15 is 0 Å². The average molecular weight is 892 g/mol. The highest BCUT2D eigenvalue weighted by atomic mass is 32.1. The van der Waals surface area contributed by atoms with Crippen molar-refractivity contribution >= 4 is 80.9 Å². The predicted octanol–water partition coefficient (Wildman–Crippen LogP) is 18.7. The Balaban J connectivity index is 1.10. The summed E-state index contributed by atoms with van der Waals surface area (Å²) in [6.07, 6.45) is 0. The molecule has 0 saturated heterocycles. The summed E-state index contributed by atoms with van der Waals surface area (Å²) in [7, 11) is 0. The van der Waals surface area contributed by atoms with Gasteiger partial charge in [0.25, 0.3) is 0 Å². The Morgan fingerprint density at radius 3 is 1.42 bits per heavy atom. The lowest BCUT2D eigenvalue weighted by molar-refractivity contribution is 0.794. The fraction of sp³-hybridized carbons (Fsp3) is 0.0149. The second-order valence-corrected chi connectivity index (χ2v) is 19.7. The number of fused-ring (bicyclic) bond motifs is 19. The van der Waals surface area contributed by atoms with Crippen LogP contribution >= 0.6 is 11.3 Å². The Labute approximate surface area is 404 Å². The molecule has 1 nitrogen and oxygen atoms in total. The Bertz CT molecular complexity index is 4190. The fourth-order valence-corrected chi connectivity index (χ4v) is 13.6. The van der Waals surface area contributed by atoms with E-state index < -0.39 is 5.41 Å². The second kappa shape index (κ2) is 14.7. The van der Waals surface area contributed by atoms with Crippen molar-refractivity contribution in [3.05, 3.63) is 271 Å². The van der Waals surface area contributed by atoms with Gasteiger partial charge in [-0.2, -0.15) is 0 Å². The molecule has 1 heterocycles. The molecule has 1 aromatic heterocycles. The first kappa shape index (κ1) is 38.5. The van der Waals surface area contributed by atoms with E-state index in [1.165, 1.54) is 119 Å². The van der Waals surface area contributed by atoms with Crippen LogP contribution in [0.5, 0.6) is 0 Å². The van der Waals surface area contributed by atoms with Crippen LogP contribution in [-0.4, -0.2) is 0 Å². The van der Waals surface area contributed by atoms with Crippen LogP contribution in [0.15, 0.2) is 249 Å². The monoisotopic (exact) mass is 891 g/mol. The molecule has 13 aromatic rings. The molecule has 0 aliphatic heterocycles. The molecular formula is C67H41NS. The van der Waals surface area contributed by atoms with Crippen molar-refractivity contribution in [1.29, 1.82) is 0 Å². The van der Waals surface area contributed by atoms with E-state index in [0.717, 1.165) is 17.1 Å². The van der Waals surface area contributed by atoms with Gasteiger partial charge in [0.15, 0.2) is 0 Å². The Morgan fingerprint density at radius 1 is 0.261 bits per heavy atom. The van der Waals surface area contributed by atoms with Gasteiger partial charge in [-0.3, -0.25) is 0 Å². The Kier molecular flexibility index (Phi) is 8.22. The van der Waals surface area contributed by atoms with Crippen LogP contribution in [0, 0.1) is 0 Å². The summed E-state index contributed by atoms with van der Waals surface area (Å²) < 4.78 is 2.60. The highest BCUT2D eigenvalue weighted by Gasteiger charge is 2.52. The first-order chi connectivity index (χ1) is 34.2. The maximum absolute atomic E-state index is 2.59. The molecule has 12 aromatic carbocycles. The van der Waals surface area contributed by atoms with Gasteiger partial charge in [0.05, 0.1) is 16.8 Å². The number of rotatable bonds is 5. The number of thiophene rings is 1. The molecule has 0 saturated carbocycles. The van der Waals surface area contributed by atoms with Crippen LogP contribution < -0.4 is 4.90 Å². The summed E-state index contributed by atoms with van der Waals surface area (Å²) in [5.74, 6) is 0. The average Bonchev–Trinajstić information content (AvgIpc) is 4.05. The zero-order valence-electron chi connectivity index (χ0n) is 37.5. The van der Waals surface area contributed by atoms with Crippen molar-refractivity contribution in [2.45, 2.75) is 5.41 Å². The fourth-order valence-electron chi connectivity index (χ4n) is 12.4. The second-order valence-electron chi connectivity index (χ2n) is 18.7. The number of anilines is 3. The van der Waals surface area contributed by atoms with Crippen molar-refractivity contribution in [2.24, 2.45) is 0 Å². The quantitative estimate of drug-likeness (QED) is 0.156. The zero-order chi connectivity index (χ0) is 45.2. The molecule has 0 N–H and O–H groups in total. The molecule has 0 radical (unpaired) electrons. The minimum atomic E-state index is -0.523. The summed E-state index contributed by atoms with van der Waals surface area (Å²) >= 11 is 1.88. The highest BCUT2D eigenvalue weighted by Crippen LogP contribution is 2.64. The van der Waals surface area contributed by atoms with E-state index in [2.05, 4.69) is 254 Å². The Hall–Kier alpha value is -8.56. The van der Waals surface area contributed by atoms with E-state index in [1.807, 2.05) is 11.3 Å². The first-order valence-electron chi connectivity index (χ1n) is 23.9. The van der Waals surface area contributed by atoms with Gasteiger partial charge in [0.2, 0.25) is 0 Å². The summed E-state index contributed by atoms with van der Waals surface area (Å²) in [6.45, 7) is 0. The molecule has 0 unspecified atom stereocenters. The highest BCUT2D eigenvalue weighted by molar-refractivity contribution is 7.25. The summed E-state index contributed by atoms with van der Waals surface area (Å²) in [6, 6.07) is 93.5. The lowest BCUT2D eigenvalue weighted by atomic mass is 9.70. The van der Waals surface area contributed by atoms with Gasteiger partial charge in [0, 0.05) is 37.0 Å². The van der Waals surface area contributed by atoms with Crippen LogP contribution in [0.4, 0.5) is 17.1 Å². The maximum Gasteiger partial charge on any atom is 0.0726 e. The molecule has 2 aliphatic rings. The third-order valence-electron chi connectivity index (χ3n) is 15.3. The first-order valence-corrected chi connectivity index (χ1v) is 24.7. The number of benzene rings is 12. The van der Waals surface area contributed by atoms with E-state index in [4.69, 9.17) is 0 Å². The van der Waals surface area contributed by atoms with E-state index in [9.17, 15) is 0 Å². The van der Waals surface area contributed by atoms with Crippen LogP contribution in [0.25, 0.3) is 97.0 Å². The smallest absolute Gasteiger partial charge is 0.0726 e. The molecule has 320 valence electrons. The molecule has 0 bridgehead atoms. The van der Waals surface area contributed by atoms with Crippen molar-refractivity contribution in [3.8, 4) is 44.5 Å². The lowest BCUT2D eigenvalue weighted by Crippen LogP contribution is -2.26. The van der Waals surface area contributed by atoms with Gasteiger partial charge >= 0.3 is 0 Å². The van der Waals surface area contributed by atoms with Crippen molar-refractivity contribution in [3.63, 3.8) is 0 Å². The number of hydrogen-bond acceptors (Lipinski definition) is 2.